The van der Waals surface area contributed by atoms with E-state index in [1.165, 1.54) is 0 Å². The van der Waals surface area contributed by atoms with Crippen molar-refractivity contribution >= 4 is 23.2 Å². The van der Waals surface area contributed by atoms with Crippen LogP contribution in [-0.4, -0.2) is 18.3 Å². The monoisotopic (exact) mass is 218 g/mol. The quantitative estimate of drug-likeness (QED) is 0.784. The van der Waals surface area contributed by atoms with Crippen molar-refractivity contribution in [3.8, 4) is 0 Å². The van der Waals surface area contributed by atoms with Crippen LogP contribution in [0.15, 0.2) is 18.2 Å². The Morgan fingerprint density at radius 2 is 2.00 bits per heavy atom. The number of ether oxygens (including phenoxy) is 1. The van der Waals surface area contributed by atoms with Crippen LogP contribution in [0, 0.1) is 0 Å². The summed E-state index contributed by atoms with van der Waals surface area (Å²) in [5.41, 5.74) is -0.296. The van der Waals surface area contributed by atoms with Gasteiger partial charge in [-0.3, -0.25) is 0 Å². The Hall–Kier alpha value is -0.280. The van der Waals surface area contributed by atoms with Gasteiger partial charge in [0.2, 0.25) is 0 Å². The highest BCUT2D eigenvalue weighted by Gasteiger charge is 2.39. The third-order valence-electron chi connectivity index (χ3n) is 2.11. The van der Waals surface area contributed by atoms with Crippen molar-refractivity contribution in [1.29, 1.82) is 0 Å². The van der Waals surface area contributed by atoms with Gasteiger partial charge in [-0.15, -0.1) is 0 Å². The normalized spacial score (nSPS) is 19.6. The predicted molar refractivity (Wildman–Crippen MR) is 51.2 cm³/mol. The highest BCUT2D eigenvalue weighted by Crippen LogP contribution is 2.35. The summed E-state index contributed by atoms with van der Waals surface area (Å²) in [4.78, 5) is 0. The molecule has 0 bridgehead atoms. The van der Waals surface area contributed by atoms with Gasteiger partial charge in [0.05, 0.1) is 13.2 Å². The van der Waals surface area contributed by atoms with Gasteiger partial charge in [0, 0.05) is 15.6 Å². The largest absolute Gasteiger partial charge is 0.380 e. The highest BCUT2D eigenvalue weighted by atomic mass is 35.5. The molecular formula is C9H8Cl2O2. The van der Waals surface area contributed by atoms with Gasteiger partial charge in [0.1, 0.15) is 5.60 Å². The van der Waals surface area contributed by atoms with E-state index in [2.05, 4.69) is 0 Å². The van der Waals surface area contributed by atoms with E-state index in [0.29, 0.717) is 15.6 Å². The number of halogens is 2. The standard InChI is InChI=1S/C9H8Cl2O2/c10-6-1-2-8(11)7(3-6)9(12)4-13-5-9/h1-3,12H,4-5H2. The lowest BCUT2D eigenvalue weighted by molar-refractivity contribution is -0.184. The van der Waals surface area contributed by atoms with Gasteiger partial charge >= 0.3 is 0 Å². The first-order valence-electron chi connectivity index (χ1n) is 3.87. The Morgan fingerprint density at radius 3 is 2.54 bits per heavy atom. The average molecular weight is 219 g/mol. The molecule has 0 saturated carbocycles. The molecule has 1 N–H and O–H groups in total. The third kappa shape index (κ3) is 1.55. The van der Waals surface area contributed by atoms with Crippen LogP contribution in [0.1, 0.15) is 5.56 Å². The van der Waals surface area contributed by atoms with Crippen LogP contribution in [0.25, 0.3) is 0 Å². The number of hydrogen-bond acceptors (Lipinski definition) is 2. The summed E-state index contributed by atoms with van der Waals surface area (Å²) in [5.74, 6) is 0. The fraction of sp³-hybridized carbons (Fsp3) is 0.333. The van der Waals surface area contributed by atoms with E-state index in [4.69, 9.17) is 27.9 Å². The fourth-order valence-electron chi connectivity index (χ4n) is 1.31. The molecule has 0 aromatic heterocycles. The zero-order chi connectivity index (χ0) is 9.47. The topological polar surface area (TPSA) is 29.5 Å². The van der Waals surface area contributed by atoms with Gasteiger partial charge in [-0.1, -0.05) is 23.2 Å². The minimum absolute atomic E-state index is 0.285. The fourth-order valence-corrected chi connectivity index (χ4v) is 1.77. The van der Waals surface area contributed by atoms with E-state index < -0.39 is 5.60 Å². The molecule has 4 heteroatoms. The van der Waals surface area contributed by atoms with Gasteiger partial charge in [-0.2, -0.15) is 0 Å². The lowest BCUT2D eigenvalue weighted by Crippen LogP contribution is -2.46. The highest BCUT2D eigenvalue weighted by molar-refractivity contribution is 6.33. The van der Waals surface area contributed by atoms with Crippen molar-refractivity contribution in [3.05, 3.63) is 33.8 Å². The van der Waals surface area contributed by atoms with Gasteiger partial charge in [-0.05, 0) is 18.2 Å². The molecule has 1 aromatic rings. The lowest BCUT2D eigenvalue weighted by Gasteiger charge is -2.37. The van der Waals surface area contributed by atoms with Crippen LogP contribution in [-0.2, 0) is 10.3 Å². The molecule has 70 valence electrons. The molecule has 0 unspecified atom stereocenters. The molecule has 1 aliphatic heterocycles. The summed E-state index contributed by atoms with van der Waals surface area (Å²) in [6, 6.07) is 5.04. The summed E-state index contributed by atoms with van der Waals surface area (Å²) < 4.78 is 4.94. The smallest absolute Gasteiger partial charge is 0.137 e. The van der Waals surface area contributed by atoms with E-state index in [1.807, 2.05) is 0 Å². The first-order valence-corrected chi connectivity index (χ1v) is 4.63. The maximum absolute atomic E-state index is 9.92. The molecule has 2 nitrogen and oxygen atoms in total. The van der Waals surface area contributed by atoms with E-state index in [9.17, 15) is 5.11 Å². The molecule has 0 amide bonds. The molecule has 2 rings (SSSR count). The van der Waals surface area contributed by atoms with E-state index in [-0.39, 0.29) is 13.2 Å². The second-order valence-electron chi connectivity index (χ2n) is 3.15. The molecule has 13 heavy (non-hydrogen) atoms. The maximum atomic E-state index is 9.92. The molecule has 1 saturated heterocycles. The minimum Gasteiger partial charge on any atom is -0.380 e. The van der Waals surface area contributed by atoms with E-state index >= 15 is 0 Å². The SMILES string of the molecule is OC1(c2cc(Cl)ccc2Cl)COC1. The second kappa shape index (κ2) is 3.14. The third-order valence-corrected chi connectivity index (χ3v) is 2.68. The summed E-state index contributed by atoms with van der Waals surface area (Å²) in [6.07, 6.45) is 0. The van der Waals surface area contributed by atoms with Crippen LogP contribution in [0.3, 0.4) is 0 Å². The van der Waals surface area contributed by atoms with E-state index in [0.717, 1.165) is 0 Å². The van der Waals surface area contributed by atoms with E-state index in [1.54, 1.807) is 18.2 Å². The van der Waals surface area contributed by atoms with Crippen molar-refractivity contribution in [2.24, 2.45) is 0 Å². The van der Waals surface area contributed by atoms with Crippen molar-refractivity contribution in [1.82, 2.24) is 0 Å². The number of benzene rings is 1. The summed E-state index contributed by atoms with van der Waals surface area (Å²) >= 11 is 11.7. The first kappa shape index (κ1) is 9.28. The Labute approximate surface area is 86.0 Å². The van der Waals surface area contributed by atoms with Crippen LogP contribution in [0.2, 0.25) is 10.0 Å². The number of hydrogen-bond donors (Lipinski definition) is 1. The molecule has 1 aromatic carbocycles. The molecule has 0 radical (unpaired) electrons. The summed E-state index contributed by atoms with van der Waals surface area (Å²) in [5, 5.41) is 11.0. The Morgan fingerprint density at radius 1 is 1.31 bits per heavy atom. The minimum atomic E-state index is -0.942. The van der Waals surface area contributed by atoms with Crippen LogP contribution in [0.5, 0.6) is 0 Å². The second-order valence-corrected chi connectivity index (χ2v) is 3.99. The Bertz CT molecular complexity index is 334. The van der Waals surface area contributed by atoms with Crippen LogP contribution >= 0.6 is 23.2 Å². The van der Waals surface area contributed by atoms with Crippen molar-refractivity contribution in [3.63, 3.8) is 0 Å². The van der Waals surface area contributed by atoms with Crippen LogP contribution in [0.4, 0.5) is 0 Å². The molecule has 0 atom stereocenters. The predicted octanol–water partition coefficient (Wildman–Crippen LogP) is 2.21. The molecule has 1 heterocycles. The lowest BCUT2D eigenvalue weighted by atomic mass is 9.92. The summed E-state index contributed by atoms with van der Waals surface area (Å²) in [6.45, 7) is 0.570. The molecular weight excluding hydrogens is 211 g/mol. The molecule has 1 aliphatic rings. The zero-order valence-electron chi connectivity index (χ0n) is 6.76. The van der Waals surface area contributed by atoms with Crippen molar-refractivity contribution in [2.45, 2.75) is 5.60 Å². The van der Waals surface area contributed by atoms with Gasteiger partial charge in [-0.25, -0.2) is 0 Å². The summed E-state index contributed by atoms with van der Waals surface area (Å²) in [7, 11) is 0. The van der Waals surface area contributed by atoms with Crippen LogP contribution < -0.4 is 0 Å². The number of rotatable bonds is 1. The van der Waals surface area contributed by atoms with Crippen molar-refractivity contribution < 1.29 is 9.84 Å². The average Bonchev–Trinajstić information content (AvgIpc) is 2.05. The number of aliphatic hydroxyl groups is 1. The molecule has 0 spiro atoms. The zero-order valence-corrected chi connectivity index (χ0v) is 8.27. The van der Waals surface area contributed by atoms with Gasteiger partial charge in [0.25, 0.3) is 0 Å². The van der Waals surface area contributed by atoms with Gasteiger partial charge in [0.15, 0.2) is 0 Å². The molecule has 0 aliphatic carbocycles. The van der Waals surface area contributed by atoms with Crippen molar-refractivity contribution in [2.75, 3.05) is 13.2 Å². The van der Waals surface area contributed by atoms with Gasteiger partial charge < -0.3 is 9.84 Å². The Kier molecular flexibility index (Phi) is 2.24. The first-order chi connectivity index (χ1) is 6.12. The maximum Gasteiger partial charge on any atom is 0.137 e. The molecule has 1 fully saturated rings. The Balaban J connectivity index is 2.43.